The number of carbonyl (C=O) groups excluding carboxylic acids is 1. The Balaban J connectivity index is 1.96. The second kappa shape index (κ2) is 9.70. The molecule has 0 radical (unpaired) electrons. The van der Waals surface area contributed by atoms with Crippen LogP contribution >= 0.6 is 0 Å². The number of aryl methyl sites for hydroxylation is 1. The molecule has 0 saturated heterocycles. The van der Waals surface area contributed by atoms with Crippen molar-refractivity contribution in [3.63, 3.8) is 0 Å². The highest BCUT2D eigenvalue weighted by Gasteiger charge is 2.13. The van der Waals surface area contributed by atoms with E-state index < -0.39 is 0 Å². The predicted molar refractivity (Wildman–Crippen MR) is 102 cm³/mol. The molecule has 0 saturated carbocycles. The van der Waals surface area contributed by atoms with Crippen molar-refractivity contribution in [1.82, 2.24) is 5.32 Å². The van der Waals surface area contributed by atoms with Gasteiger partial charge in [0.25, 0.3) is 0 Å². The standard InChI is InChI=1S/C21H27NO4/c1-5-20(16-7-9-17(24-2)10-8-16)22-21(23)11-6-15-12-18(25-3)14-19(13-15)26-4/h7-10,12-14,20H,5-6,11H2,1-4H3,(H,22,23). The highest BCUT2D eigenvalue weighted by atomic mass is 16.5. The van der Waals surface area contributed by atoms with Crippen LogP contribution in [0.4, 0.5) is 0 Å². The van der Waals surface area contributed by atoms with E-state index in [2.05, 4.69) is 12.2 Å². The normalized spacial score (nSPS) is 11.5. The minimum Gasteiger partial charge on any atom is -0.497 e. The molecule has 1 atom stereocenters. The van der Waals surface area contributed by atoms with E-state index in [0.717, 1.165) is 34.8 Å². The first kappa shape index (κ1) is 19.6. The van der Waals surface area contributed by atoms with E-state index in [9.17, 15) is 4.79 Å². The fourth-order valence-corrected chi connectivity index (χ4v) is 2.79. The second-order valence-electron chi connectivity index (χ2n) is 6.02. The molecule has 2 rings (SSSR count). The van der Waals surface area contributed by atoms with Crippen molar-refractivity contribution in [3.05, 3.63) is 53.6 Å². The van der Waals surface area contributed by atoms with Gasteiger partial charge in [0.15, 0.2) is 0 Å². The summed E-state index contributed by atoms with van der Waals surface area (Å²) in [6, 6.07) is 13.5. The lowest BCUT2D eigenvalue weighted by Gasteiger charge is -2.18. The predicted octanol–water partition coefficient (Wildman–Crippen LogP) is 3.91. The second-order valence-corrected chi connectivity index (χ2v) is 6.02. The molecule has 0 aliphatic carbocycles. The van der Waals surface area contributed by atoms with Gasteiger partial charge in [-0.25, -0.2) is 0 Å². The Morgan fingerprint density at radius 3 is 2.00 bits per heavy atom. The molecule has 0 heterocycles. The van der Waals surface area contributed by atoms with Crippen LogP contribution in [0.5, 0.6) is 17.2 Å². The van der Waals surface area contributed by atoms with Gasteiger partial charge in [0.2, 0.25) is 5.91 Å². The summed E-state index contributed by atoms with van der Waals surface area (Å²) in [5.41, 5.74) is 2.08. The third kappa shape index (κ3) is 5.41. The molecule has 0 aromatic heterocycles. The Bertz CT molecular complexity index is 690. The Morgan fingerprint density at radius 2 is 1.50 bits per heavy atom. The summed E-state index contributed by atoms with van der Waals surface area (Å²) in [5, 5.41) is 3.11. The van der Waals surface area contributed by atoms with Crippen LogP contribution in [0.15, 0.2) is 42.5 Å². The molecule has 1 amide bonds. The molecule has 2 aromatic rings. The van der Waals surface area contributed by atoms with Crippen molar-refractivity contribution in [2.45, 2.75) is 32.2 Å². The van der Waals surface area contributed by atoms with Crippen LogP contribution in [0.25, 0.3) is 0 Å². The van der Waals surface area contributed by atoms with Gasteiger partial charge in [-0.15, -0.1) is 0 Å². The lowest BCUT2D eigenvalue weighted by Crippen LogP contribution is -2.28. The van der Waals surface area contributed by atoms with Crippen molar-refractivity contribution >= 4 is 5.91 Å². The molecule has 0 aliphatic rings. The van der Waals surface area contributed by atoms with Gasteiger partial charge < -0.3 is 19.5 Å². The number of hydrogen-bond acceptors (Lipinski definition) is 4. The molecule has 26 heavy (non-hydrogen) atoms. The van der Waals surface area contributed by atoms with Crippen LogP contribution in [-0.2, 0) is 11.2 Å². The highest BCUT2D eigenvalue weighted by Crippen LogP contribution is 2.24. The Kier molecular flexibility index (Phi) is 7.33. The van der Waals surface area contributed by atoms with Crippen LogP contribution in [0, 0.1) is 0 Å². The lowest BCUT2D eigenvalue weighted by molar-refractivity contribution is -0.121. The van der Waals surface area contributed by atoms with E-state index in [0.29, 0.717) is 12.8 Å². The third-order valence-electron chi connectivity index (χ3n) is 4.31. The number of methoxy groups -OCH3 is 3. The Labute approximate surface area is 155 Å². The topological polar surface area (TPSA) is 56.8 Å². The number of rotatable bonds is 9. The maximum Gasteiger partial charge on any atom is 0.220 e. The molecule has 0 bridgehead atoms. The maximum absolute atomic E-state index is 12.4. The smallest absolute Gasteiger partial charge is 0.220 e. The van der Waals surface area contributed by atoms with Crippen molar-refractivity contribution in [3.8, 4) is 17.2 Å². The van der Waals surface area contributed by atoms with Crippen LogP contribution in [0.1, 0.15) is 36.9 Å². The zero-order valence-electron chi connectivity index (χ0n) is 15.9. The van der Waals surface area contributed by atoms with Gasteiger partial charge >= 0.3 is 0 Å². The van der Waals surface area contributed by atoms with Crippen LogP contribution < -0.4 is 19.5 Å². The zero-order valence-corrected chi connectivity index (χ0v) is 15.9. The molecular formula is C21H27NO4. The van der Waals surface area contributed by atoms with E-state index >= 15 is 0 Å². The minimum absolute atomic E-state index is 0.00625. The molecule has 0 fully saturated rings. The van der Waals surface area contributed by atoms with Crippen molar-refractivity contribution < 1.29 is 19.0 Å². The van der Waals surface area contributed by atoms with E-state index in [-0.39, 0.29) is 11.9 Å². The largest absolute Gasteiger partial charge is 0.497 e. The third-order valence-corrected chi connectivity index (χ3v) is 4.31. The van der Waals surface area contributed by atoms with Gasteiger partial charge in [0, 0.05) is 12.5 Å². The van der Waals surface area contributed by atoms with Crippen LogP contribution in [0.2, 0.25) is 0 Å². The molecule has 140 valence electrons. The zero-order chi connectivity index (χ0) is 18.9. The first-order valence-corrected chi connectivity index (χ1v) is 8.74. The van der Waals surface area contributed by atoms with Crippen molar-refractivity contribution in [2.75, 3.05) is 21.3 Å². The maximum atomic E-state index is 12.4. The first-order valence-electron chi connectivity index (χ1n) is 8.74. The number of ether oxygens (including phenoxy) is 3. The minimum atomic E-state index is -0.00625. The molecule has 2 aromatic carbocycles. The summed E-state index contributed by atoms with van der Waals surface area (Å²) < 4.78 is 15.7. The molecule has 1 unspecified atom stereocenters. The summed E-state index contributed by atoms with van der Waals surface area (Å²) in [5.74, 6) is 2.28. The number of nitrogens with one attached hydrogen (secondary N) is 1. The number of carbonyl (C=O) groups is 1. The van der Waals surface area contributed by atoms with Gasteiger partial charge in [-0.2, -0.15) is 0 Å². The molecule has 0 spiro atoms. The summed E-state index contributed by atoms with van der Waals surface area (Å²) in [7, 11) is 4.87. The monoisotopic (exact) mass is 357 g/mol. The van der Waals surface area contributed by atoms with Crippen molar-refractivity contribution in [2.24, 2.45) is 0 Å². The van der Waals surface area contributed by atoms with Gasteiger partial charge in [0.1, 0.15) is 17.2 Å². The van der Waals surface area contributed by atoms with Gasteiger partial charge in [-0.1, -0.05) is 19.1 Å². The van der Waals surface area contributed by atoms with E-state index in [4.69, 9.17) is 14.2 Å². The average molecular weight is 357 g/mol. The molecule has 0 aliphatic heterocycles. The van der Waals surface area contributed by atoms with Gasteiger partial charge in [0.05, 0.1) is 27.4 Å². The highest BCUT2D eigenvalue weighted by molar-refractivity contribution is 5.76. The summed E-state index contributed by atoms with van der Waals surface area (Å²) in [4.78, 5) is 12.4. The summed E-state index contributed by atoms with van der Waals surface area (Å²) >= 11 is 0. The molecule has 5 nitrogen and oxygen atoms in total. The number of hydrogen-bond donors (Lipinski definition) is 1. The van der Waals surface area contributed by atoms with Crippen molar-refractivity contribution in [1.29, 1.82) is 0 Å². The van der Waals surface area contributed by atoms with Crippen LogP contribution in [0.3, 0.4) is 0 Å². The van der Waals surface area contributed by atoms with E-state index in [1.165, 1.54) is 0 Å². The molecule has 1 N–H and O–H groups in total. The molecule has 5 heteroatoms. The van der Waals surface area contributed by atoms with Crippen LogP contribution in [-0.4, -0.2) is 27.2 Å². The quantitative estimate of drug-likeness (QED) is 0.739. The summed E-state index contributed by atoms with van der Waals surface area (Å²) in [6.07, 6.45) is 1.85. The van der Waals surface area contributed by atoms with E-state index in [1.54, 1.807) is 21.3 Å². The average Bonchev–Trinajstić information content (AvgIpc) is 2.70. The lowest BCUT2D eigenvalue weighted by atomic mass is 10.0. The number of benzene rings is 2. The number of amides is 1. The summed E-state index contributed by atoms with van der Waals surface area (Å²) in [6.45, 7) is 2.06. The first-order chi connectivity index (χ1) is 12.6. The van der Waals surface area contributed by atoms with Gasteiger partial charge in [-0.05, 0) is 48.2 Å². The van der Waals surface area contributed by atoms with E-state index in [1.807, 2.05) is 42.5 Å². The Hall–Kier alpha value is -2.69. The fourth-order valence-electron chi connectivity index (χ4n) is 2.79. The Morgan fingerprint density at radius 1 is 0.923 bits per heavy atom. The van der Waals surface area contributed by atoms with Gasteiger partial charge in [-0.3, -0.25) is 4.79 Å². The fraction of sp³-hybridized carbons (Fsp3) is 0.381. The molecular weight excluding hydrogens is 330 g/mol. The SMILES string of the molecule is CCC(NC(=O)CCc1cc(OC)cc(OC)c1)c1ccc(OC)cc1.